The fourth-order valence-corrected chi connectivity index (χ4v) is 1.83. The molecule has 0 radical (unpaired) electrons. The molecule has 0 aliphatic carbocycles. The number of ether oxygens (including phenoxy) is 1. The Labute approximate surface area is 107 Å². The van der Waals surface area contributed by atoms with Crippen LogP contribution in [-0.2, 0) is 12.3 Å². The van der Waals surface area contributed by atoms with E-state index in [-0.39, 0.29) is 5.75 Å². The Morgan fingerprint density at radius 2 is 1.94 bits per heavy atom. The lowest BCUT2D eigenvalue weighted by molar-refractivity contribution is -0.0499. The van der Waals surface area contributed by atoms with Crippen LogP contribution >= 0.6 is 27.5 Å². The molecule has 0 spiro atoms. The first-order valence-electron chi connectivity index (χ1n) is 4.85. The zero-order valence-corrected chi connectivity index (χ0v) is 10.9. The van der Waals surface area contributed by atoms with Crippen molar-refractivity contribution in [3.63, 3.8) is 0 Å². The highest BCUT2D eigenvalue weighted by atomic mass is 79.9. The Balaban J connectivity index is 2.82. The summed E-state index contributed by atoms with van der Waals surface area (Å²) < 4.78 is 28.5. The van der Waals surface area contributed by atoms with Gasteiger partial charge in [-0.2, -0.15) is 8.78 Å². The lowest BCUT2D eigenvalue weighted by Crippen LogP contribution is -2.03. The average Bonchev–Trinajstić information content (AvgIpc) is 2.25. The van der Waals surface area contributed by atoms with Gasteiger partial charge in [-0.15, -0.1) is 11.6 Å². The van der Waals surface area contributed by atoms with E-state index in [9.17, 15) is 8.78 Å². The molecule has 1 aromatic rings. The Morgan fingerprint density at radius 1 is 1.25 bits per heavy atom. The Bertz CT molecular complexity index is 334. The summed E-state index contributed by atoms with van der Waals surface area (Å²) in [6.07, 6.45) is 1.76. The molecule has 0 saturated carbocycles. The lowest BCUT2D eigenvalue weighted by Gasteiger charge is -2.09. The highest BCUT2D eigenvalue weighted by Gasteiger charge is 2.07. The van der Waals surface area contributed by atoms with Gasteiger partial charge in [0.25, 0.3) is 0 Å². The van der Waals surface area contributed by atoms with Gasteiger partial charge >= 0.3 is 6.61 Å². The third-order valence-electron chi connectivity index (χ3n) is 2.00. The lowest BCUT2D eigenvalue weighted by atomic mass is 10.1. The van der Waals surface area contributed by atoms with Crippen LogP contribution in [0.4, 0.5) is 8.78 Å². The van der Waals surface area contributed by atoms with Crippen LogP contribution in [0.1, 0.15) is 17.5 Å². The van der Waals surface area contributed by atoms with E-state index in [4.69, 9.17) is 11.6 Å². The summed E-state index contributed by atoms with van der Waals surface area (Å²) >= 11 is 9.01. The van der Waals surface area contributed by atoms with Gasteiger partial charge in [0.1, 0.15) is 5.75 Å². The van der Waals surface area contributed by atoms with Gasteiger partial charge in [-0.1, -0.05) is 22.0 Å². The first-order chi connectivity index (χ1) is 7.65. The first kappa shape index (κ1) is 13.7. The smallest absolute Gasteiger partial charge is 0.387 e. The van der Waals surface area contributed by atoms with Gasteiger partial charge in [-0.3, -0.25) is 0 Å². The molecule has 1 aromatic carbocycles. The molecule has 0 atom stereocenters. The van der Waals surface area contributed by atoms with Gasteiger partial charge in [0, 0.05) is 11.2 Å². The fraction of sp³-hybridized carbons (Fsp3) is 0.455. The summed E-state index contributed by atoms with van der Waals surface area (Å²) in [4.78, 5) is 0. The molecule has 0 saturated heterocycles. The molecule has 0 bridgehead atoms. The summed E-state index contributed by atoms with van der Waals surface area (Å²) in [5.74, 6) is 0.472. The van der Waals surface area contributed by atoms with E-state index in [0.29, 0.717) is 5.88 Å². The number of halogens is 4. The molecule has 1 nitrogen and oxygen atoms in total. The maximum atomic E-state index is 12.1. The molecule has 90 valence electrons. The zero-order chi connectivity index (χ0) is 12.0. The van der Waals surface area contributed by atoms with Gasteiger partial charge in [0.2, 0.25) is 0 Å². The summed E-state index contributed by atoms with van der Waals surface area (Å²) in [5.41, 5.74) is 1.76. The Morgan fingerprint density at radius 3 is 2.50 bits per heavy atom. The fourth-order valence-electron chi connectivity index (χ4n) is 1.39. The van der Waals surface area contributed by atoms with Crippen molar-refractivity contribution in [2.75, 3.05) is 5.33 Å². The van der Waals surface area contributed by atoms with E-state index in [2.05, 4.69) is 20.7 Å². The van der Waals surface area contributed by atoms with Crippen molar-refractivity contribution in [3.05, 3.63) is 29.3 Å². The third-order valence-corrected chi connectivity index (χ3v) is 2.87. The van der Waals surface area contributed by atoms with Crippen LogP contribution in [0.3, 0.4) is 0 Å². The van der Waals surface area contributed by atoms with E-state index in [1.165, 1.54) is 6.07 Å². The SMILES string of the molecule is FC(F)Oc1cc(CCl)cc(CCCBr)c1. The molecule has 0 amide bonds. The van der Waals surface area contributed by atoms with Crippen LogP contribution < -0.4 is 4.74 Å². The highest BCUT2D eigenvalue weighted by Crippen LogP contribution is 2.21. The minimum absolute atomic E-state index is 0.178. The van der Waals surface area contributed by atoms with Crippen LogP contribution in [0.5, 0.6) is 5.75 Å². The number of aryl methyl sites for hydroxylation is 1. The number of benzene rings is 1. The second kappa shape index (κ2) is 7.07. The number of hydrogen-bond acceptors (Lipinski definition) is 1. The number of alkyl halides is 4. The number of hydrogen-bond donors (Lipinski definition) is 0. The van der Waals surface area contributed by atoms with Gasteiger partial charge in [-0.05, 0) is 36.1 Å². The van der Waals surface area contributed by atoms with Gasteiger partial charge < -0.3 is 4.74 Å². The van der Waals surface area contributed by atoms with Crippen molar-refractivity contribution in [1.82, 2.24) is 0 Å². The van der Waals surface area contributed by atoms with Crippen molar-refractivity contribution in [3.8, 4) is 5.75 Å². The predicted molar refractivity (Wildman–Crippen MR) is 64.7 cm³/mol. The monoisotopic (exact) mass is 312 g/mol. The second-order valence-corrected chi connectivity index (χ2v) is 4.35. The zero-order valence-electron chi connectivity index (χ0n) is 8.56. The maximum absolute atomic E-state index is 12.1. The number of rotatable bonds is 6. The van der Waals surface area contributed by atoms with Crippen LogP contribution in [0.25, 0.3) is 0 Å². The molecule has 1 rings (SSSR count). The quantitative estimate of drug-likeness (QED) is 0.709. The predicted octanol–water partition coefficient (Wildman–Crippen LogP) is 4.35. The van der Waals surface area contributed by atoms with Crippen molar-refractivity contribution in [2.24, 2.45) is 0 Å². The van der Waals surface area contributed by atoms with Gasteiger partial charge in [0.15, 0.2) is 0 Å². The Hall–Kier alpha value is -0.350. The molecule has 0 N–H and O–H groups in total. The Kier molecular flexibility index (Phi) is 6.06. The molecule has 0 unspecified atom stereocenters. The molecule has 0 aliphatic heterocycles. The van der Waals surface area contributed by atoms with E-state index >= 15 is 0 Å². The van der Waals surface area contributed by atoms with Crippen molar-refractivity contribution in [2.45, 2.75) is 25.3 Å². The largest absolute Gasteiger partial charge is 0.435 e. The highest BCUT2D eigenvalue weighted by molar-refractivity contribution is 9.09. The van der Waals surface area contributed by atoms with E-state index in [1.807, 2.05) is 6.07 Å². The topological polar surface area (TPSA) is 9.23 Å². The molecule has 0 fully saturated rings. The molecule has 5 heteroatoms. The van der Waals surface area contributed by atoms with Crippen LogP contribution in [-0.4, -0.2) is 11.9 Å². The van der Waals surface area contributed by atoms with Crippen LogP contribution in [0.15, 0.2) is 18.2 Å². The van der Waals surface area contributed by atoms with Crippen molar-refractivity contribution >= 4 is 27.5 Å². The van der Waals surface area contributed by atoms with E-state index in [1.54, 1.807) is 6.07 Å². The van der Waals surface area contributed by atoms with Crippen molar-refractivity contribution in [1.29, 1.82) is 0 Å². The van der Waals surface area contributed by atoms with Crippen LogP contribution in [0.2, 0.25) is 0 Å². The minimum atomic E-state index is -2.80. The second-order valence-electron chi connectivity index (χ2n) is 3.29. The summed E-state index contributed by atoms with van der Waals surface area (Å²) in [5, 5.41) is 0.878. The molecule has 0 aromatic heterocycles. The average molecular weight is 314 g/mol. The molecule has 0 aliphatic rings. The third kappa shape index (κ3) is 4.66. The molecule has 16 heavy (non-hydrogen) atoms. The van der Waals surface area contributed by atoms with Crippen molar-refractivity contribution < 1.29 is 13.5 Å². The molecular weight excluding hydrogens is 301 g/mol. The summed E-state index contributed by atoms with van der Waals surface area (Å²) in [7, 11) is 0. The summed E-state index contributed by atoms with van der Waals surface area (Å²) in [6, 6.07) is 5.08. The minimum Gasteiger partial charge on any atom is -0.435 e. The van der Waals surface area contributed by atoms with Gasteiger partial charge in [-0.25, -0.2) is 0 Å². The van der Waals surface area contributed by atoms with E-state index < -0.39 is 6.61 Å². The van der Waals surface area contributed by atoms with E-state index in [0.717, 1.165) is 29.3 Å². The van der Waals surface area contributed by atoms with Crippen LogP contribution in [0, 0.1) is 0 Å². The molecule has 0 heterocycles. The molecular formula is C11H12BrClF2O. The first-order valence-corrected chi connectivity index (χ1v) is 6.51. The summed E-state index contributed by atoms with van der Waals surface area (Å²) in [6.45, 7) is -2.80. The van der Waals surface area contributed by atoms with Gasteiger partial charge in [0.05, 0.1) is 0 Å². The standard InChI is InChI=1S/C11H12BrClF2O/c12-3-1-2-8-4-9(7-13)6-10(5-8)16-11(14)15/h4-6,11H,1-3,7H2. The normalized spacial score (nSPS) is 10.8. The maximum Gasteiger partial charge on any atom is 0.387 e.